The van der Waals surface area contributed by atoms with Crippen LogP contribution in [0.5, 0.6) is 0 Å². The number of nitrogens with zero attached hydrogens (tertiary/aromatic N) is 1. The van der Waals surface area contributed by atoms with E-state index in [0.717, 1.165) is 0 Å². The summed E-state index contributed by atoms with van der Waals surface area (Å²) in [6.45, 7) is 4.86. The van der Waals surface area contributed by atoms with E-state index in [1.807, 2.05) is 0 Å². The summed E-state index contributed by atoms with van der Waals surface area (Å²) in [7, 11) is 0. The Labute approximate surface area is 86.7 Å². The van der Waals surface area contributed by atoms with Crippen molar-refractivity contribution in [3.05, 3.63) is 35.9 Å². The fourth-order valence-electron chi connectivity index (χ4n) is 2.00. The van der Waals surface area contributed by atoms with Crippen molar-refractivity contribution in [1.82, 2.24) is 4.90 Å². The molecule has 0 N–H and O–H groups in total. The third-order valence-corrected chi connectivity index (χ3v) is 2.94. The maximum absolute atomic E-state index is 2.56. The van der Waals surface area contributed by atoms with Crippen molar-refractivity contribution in [2.75, 3.05) is 13.1 Å². The van der Waals surface area contributed by atoms with Gasteiger partial charge in [-0.2, -0.15) is 0 Å². The monoisotopic (exact) mass is 189 g/mol. The SMILES string of the molecule is CCCCC(c1ccccc1)N1CC1. The summed E-state index contributed by atoms with van der Waals surface area (Å²) in [6, 6.07) is 11.6. The summed E-state index contributed by atoms with van der Waals surface area (Å²) >= 11 is 0. The number of unbranched alkanes of at least 4 members (excludes halogenated alkanes) is 1. The molecule has 1 aliphatic rings. The summed E-state index contributed by atoms with van der Waals surface area (Å²) < 4.78 is 0. The fourth-order valence-corrected chi connectivity index (χ4v) is 2.00. The van der Waals surface area contributed by atoms with Crippen molar-refractivity contribution in [2.45, 2.75) is 32.2 Å². The lowest BCUT2D eigenvalue weighted by Gasteiger charge is -2.18. The highest BCUT2D eigenvalue weighted by atomic mass is 15.3. The molecule has 76 valence electrons. The third kappa shape index (κ3) is 2.36. The molecule has 1 aromatic rings. The molecule has 1 heteroatoms. The largest absolute Gasteiger partial charge is 0.294 e. The average molecular weight is 189 g/mol. The predicted molar refractivity (Wildman–Crippen MR) is 60.3 cm³/mol. The van der Waals surface area contributed by atoms with Crippen LogP contribution in [0.3, 0.4) is 0 Å². The lowest BCUT2D eigenvalue weighted by atomic mass is 10.0. The molecule has 14 heavy (non-hydrogen) atoms. The van der Waals surface area contributed by atoms with Gasteiger partial charge in [0, 0.05) is 19.1 Å². The van der Waals surface area contributed by atoms with Crippen LogP contribution in [0.15, 0.2) is 30.3 Å². The maximum atomic E-state index is 2.56. The van der Waals surface area contributed by atoms with E-state index in [9.17, 15) is 0 Å². The highest BCUT2D eigenvalue weighted by Crippen LogP contribution is 2.30. The lowest BCUT2D eigenvalue weighted by Crippen LogP contribution is -2.09. The first-order valence-electron chi connectivity index (χ1n) is 5.71. The van der Waals surface area contributed by atoms with Gasteiger partial charge in [-0.3, -0.25) is 4.90 Å². The molecule has 1 fully saturated rings. The van der Waals surface area contributed by atoms with Crippen LogP contribution in [0.4, 0.5) is 0 Å². The molecule has 0 aliphatic carbocycles. The van der Waals surface area contributed by atoms with Gasteiger partial charge in [-0.05, 0) is 12.0 Å². The molecule has 1 saturated heterocycles. The van der Waals surface area contributed by atoms with E-state index in [4.69, 9.17) is 0 Å². The molecule has 1 aromatic carbocycles. The third-order valence-electron chi connectivity index (χ3n) is 2.94. The van der Waals surface area contributed by atoms with E-state index in [-0.39, 0.29) is 0 Å². The highest BCUT2D eigenvalue weighted by molar-refractivity contribution is 5.20. The molecule has 1 heterocycles. The number of rotatable bonds is 5. The van der Waals surface area contributed by atoms with Crippen LogP contribution in [0.1, 0.15) is 37.8 Å². The molecule has 0 amide bonds. The summed E-state index contributed by atoms with van der Waals surface area (Å²) in [5, 5.41) is 0. The van der Waals surface area contributed by atoms with Gasteiger partial charge in [-0.15, -0.1) is 0 Å². The molecule has 2 rings (SSSR count). The zero-order valence-corrected chi connectivity index (χ0v) is 8.95. The van der Waals surface area contributed by atoms with Gasteiger partial charge in [0.1, 0.15) is 0 Å². The molecular weight excluding hydrogens is 170 g/mol. The molecule has 0 spiro atoms. The van der Waals surface area contributed by atoms with Gasteiger partial charge in [-0.1, -0.05) is 50.1 Å². The maximum Gasteiger partial charge on any atom is 0.0349 e. The van der Waals surface area contributed by atoms with Gasteiger partial charge in [0.2, 0.25) is 0 Å². The van der Waals surface area contributed by atoms with Crippen LogP contribution >= 0.6 is 0 Å². The topological polar surface area (TPSA) is 3.01 Å². The fraction of sp³-hybridized carbons (Fsp3) is 0.538. The molecule has 0 aromatic heterocycles. The Morgan fingerprint density at radius 2 is 1.93 bits per heavy atom. The van der Waals surface area contributed by atoms with E-state index in [2.05, 4.69) is 42.2 Å². The van der Waals surface area contributed by atoms with Gasteiger partial charge in [0.05, 0.1) is 0 Å². The van der Waals surface area contributed by atoms with E-state index in [0.29, 0.717) is 6.04 Å². The normalized spacial score (nSPS) is 18.1. The number of hydrogen-bond donors (Lipinski definition) is 0. The van der Waals surface area contributed by atoms with E-state index >= 15 is 0 Å². The van der Waals surface area contributed by atoms with Gasteiger partial charge < -0.3 is 0 Å². The van der Waals surface area contributed by atoms with Crippen molar-refractivity contribution in [3.63, 3.8) is 0 Å². The highest BCUT2D eigenvalue weighted by Gasteiger charge is 2.27. The van der Waals surface area contributed by atoms with Crippen LogP contribution < -0.4 is 0 Å². The Bertz CT molecular complexity index is 264. The molecule has 1 unspecified atom stereocenters. The first-order chi connectivity index (χ1) is 6.92. The predicted octanol–water partition coefficient (Wildman–Crippen LogP) is 3.23. The van der Waals surface area contributed by atoms with E-state index in [1.54, 1.807) is 0 Å². The summed E-state index contributed by atoms with van der Waals surface area (Å²) in [5.41, 5.74) is 1.50. The van der Waals surface area contributed by atoms with E-state index < -0.39 is 0 Å². The second-order valence-electron chi connectivity index (χ2n) is 4.10. The van der Waals surface area contributed by atoms with Crippen LogP contribution in [-0.4, -0.2) is 18.0 Å². The van der Waals surface area contributed by atoms with Crippen molar-refractivity contribution in [3.8, 4) is 0 Å². The van der Waals surface area contributed by atoms with Gasteiger partial charge >= 0.3 is 0 Å². The summed E-state index contributed by atoms with van der Waals surface area (Å²) in [5.74, 6) is 0. The zero-order valence-electron chi connectivity index (χ0n) is 8.95. The second-order valence-corrected chi connectivity index (χ2v) is 4.10. The summed E-state index contributed by atoms with van der Waals surface area (Å²) in [4.78, 5) is 2.56. The Morgan fingerprint density at radius 1 is 1.21 bits per heavy atom. The first-order valence-corrected chi connectivity index (χ1v) is 5.71. The van der Waals surface area contributed by atoms with Crippen molar-refractivity contribution < 1.29 is 0 Å². The second kappa shape index (κ2) is 4.61. The van der Waals surface area contributed by atoms with Crippen LogP contribution in [-0.2, 0) is 0 Å². The quantitative estimate of drug-likeness (QED) is 0.643. The van der Waals surface area contributed by atoms with Crippen LogP contribution in [0, 0.1) is 0 Å². The lowest BCUT2D eigenvalue weighted by molar-refractivity contribution is 0.377. The molecule has 1 atom stereocenters. The van der Waals surface area contributed by atoms with Crippen molar-refractivity contribution in [1.29, 1.82) is 0 Å². The number of hydrogen-bond acceptors (Lipinski definition) is 1. The smallest absolute Gasteiger partial charge is 0.0349 e. The molecule has 0 radical (unpaired) electrons. The minimum Gasteiger partial charge on any atom is -0.294 e. The molecule has 1 aliphatic heterocycles. The minimum absolute atomic E-state index is 0.691. The van der Waals surface area contributed by atoms with Crippen molar-refractivity contribution >= 4 is 0 Å². The molecule has 0 bridgehead atoms. The Morgan fingerprint density at radius 3 is 2.50 bits per heavy atom. The average Bonchev–Trinajstić information content (AvgIpc) is 3.04. The van der Waals surface area contributed by atoms with Gasteiger partial charge in [0.25, 0.3) is 0 Å². The van der Waals surface area contributed by atoms with Crippen LogP contribution in [0.2, 0.25) is 0 Å². The van der Waals surface area contributed by atoms with Gasteiger partial charge in [0.15, 0.2) is 0 Å². The standard InChI is InChI=1S/C13H19N/c1-2-3-9-13(14-10-11-14)12-7-5-4-6-8-12/h4-8,13H,2-3,9-11H2,1H3. The minimum atomic E-state index is 0.691. The Hall–Kier alpha value is -0.820. The molecule has 0 saturated carbocycles. The van der Waals surface area contributed by atoms with Gasteiger partial charge in [-0.25, -0.2) is 0 Å². The Balaban J connectivity index is 2.02. The molecule has 1 nitrogen and oxygen atoms in total. The van der Waals surface area contributed by atoms with Crippen molar-refractivity contribution in [2.24, 2.45) is 0 Å². The summed E-state index contributed by atoms with van der Waals surface area (Å²) in [6.07, 6.45) is 3.97. The molecular formula is C13H19N. The first kappa shape index (κ1) is 9.72. The number of benzene rings is 1. The van der Waals surface area contributed by atoms with E-state index in [1.165, 1.54) is 37.9 Å². The van der Waals surface area contributed by atoms with Crippen LogP contribution in [0.25, 0.3) is 0 Å². The zero-order chi connectivity index (χ0) is 9.80. The Kier molecular flexibility index (Phi) is 3.20.